The molecule has 0 aliphatic carbocycles. The molecule has 18 heavy (non-hydrogen) atoms. The Hall–Kier alpha value is -0.290. The SMILES string of the molecule is CC1CCS(=O)(=O)CC(c2ccc(Cl)cc2Cl)N1. The maximum atomic E-state index is 11.9. The van der Waals surface area contributed by atoms with Crippen LogP contribution >= 0.6 is 23.2 Å². The summed E-state index contributed by atoms with van der Waals surface area (Å²) in [5.74, 6) is 0.307. The molecule has 1 saturated heterocycles. The van der Waals surface area contributed by atoms with Gasteiger partial charge in [-0.1, -0.05) is 29.3 Å². The number of nitrogens with one attached hydrogen (secondary N) is 1. The molecule has 0 saturated carbocycles. The van der Waals surface area contributed by atoms with E-state index in [1.165, 1.54) is 0 Å². The predicted molar refractivity (Wildman–Crippen MR) is 75.1 cm³/mol. The fraction of sp³-hybridized carbons (Fsp3) is 0.500. The van der Waals surface area contributed by atoms with Crippen molar-refractivity contribution in [1.29, 1.82) is 0 Å². The minimum Gasteiger partial charge on any atom is -0.306 e. The molecule has 1 aromatic carbocycles. The maximum absolute atomic E-state index is 11.9. The molecule has 100 valence electrons. The van der Waals surface area contributed by atoms with E-state index in [0.29, 0.717) is 16.5 Å². The Bertz CT molecular complexity index is 545. The Kier molecular flexibility index (Phi) is 4.22. The van der Waals surface area contributed by atoms with Crippen molar-refractivity contribution < 1.29 is 8.42 Å². The van der Waals surface area contributed by atoms with Gasteiger partial charge in [-0.2, -0.15) is 0 Å². The lowest BCUT2D eigenvalue weighted by Gasteiger charge is -2.20. The molecule has 1 N–H and O–H groups in total. The summed E-state index contributed by atoms with van der Waals surface area (Å²) < 4.78 is 23.7. The van der Waals surface area contributed by atoms with Crippen LogP contribution in [0.15, 0.2) is 18.2 Å². The fourth-order valence-electron chi connectivity index (χ4n) is 2.13. The fourth-order valence-corrected chi connectivity index (χ4v) is 4.34. The molecular formula is C12H15Cl2NO2S. The second-order valence-corrected chi connectivity index (χ2v) is 7.76. The number of hydrogen-bond donors (Lipinski definition) is 1. The van der Waals surface area contributed by atoms with Crippen LogP contribution in [0, 0.1) is 0 Å². The van der Waals surface area contributed by atoms with Crippen LogP contribution < -0.4 is 5.32 Å². The van der Waals surface area contributed by atoms with E-state index in [-0.39, 0.29) is 23.6 Å². The lowest BCUT2D eigenvalue weighted by atomic mass is 10.1. The number of benzene rings is 1. The van der Waals surface area contributed by atoms with Gasteiger partial charge in [0, 0.05) is 22.1 Å². The number of halogens is 2. The van der Waals surface area contributed by atoms with Crippen LogP contribution in [0.25, 0.3) is 0 Å². The molecule has 2 rings (SSSR count). The van der Waals surface area contributed by atoms with E-state index in [4.69, 9.17) is 23.2 Å². The Morgan fingerprint density at radius 3 is 2.72 bits per heavy atom. The Morgan fingerprint density at radius 1 is 1.33 bits per heavy atom. The predicted octanol–water partition coefficient (Wildman–Crippen LogP) is 2.83. The second-order valence-electron chi connectivity index (χ2n) is 4.69. The van der Waals surface area contributed by atoms with Crippen molar-refractivity contribution >= 4 is 33.0 Å². The third-order valence-corrected chi connectivity index (χ3v) is 5.37. The van der Waals surface area contributed by atoms with E-state index in [2.05, 4.69) is 5.32 Å². The highest BCUT2D eigenvalue weighted by Crippen LogP contribution is 2.29. The number of sulfone groups is 1. The van der Waals surface area contributed by atoms with Crippen LogP contribution in [0.3, 0.4) is 0 Å². The van der Waals surface area contributed by atoms with Gasteiger partial charge in [-0.05, 0) is 31.0 Å². The first-order valence-electron chi connectivity index (χ1n) is 5.79. The lowest BCUT2D eigenvalue weighted by Crippen LogP contribution is -2.31. The van der Waals surface area contributed by atoms with Gasteiger partial charge in [0.15, 0.2) is 9.84 Å². The summed E-state index contributed by atoms with van der Waals surface area (Å²) in [6, 6.07) is 5.04. The zero-order chi connectivity index (χ0) is 13.3. The monoisotopic (exact) mass is 307 g/mol. The van der Waals surface area contributed by atoms with Gasteiger partial charge >= 0.3 is 0 Å². The molecule has 0 radical (unpaired) electrons. The van der Waals surface area contributed by atoms with Gasteiger partial charge in [-0.3, -0.25) is 0 Å². The van der Waals surface area contributed by atoms with Crippen molar-refractivity contribution in [1.82, 2.24) is 5.32 Å². The smallest absolute Gasteiger partial charge is 0.152 e. The molecule has 0 bridgehead atoms. The van der Waals surface area contributed by atoms with Crippen molar-refractivity contribution in [2.24, 2.45) is 0 Å². The van der Waals surface area contributed by atoms with Crippen molar-refractivity contribution in [2.75, 3.05) is 11.5 Å². The van der Waals surface area contributed by atoms with Crippen LogP contribution in [0.1, 0.15) is 24.9 Å². The second kappa shape index (κ2) is 5.37. The molecule has 1 aliphatic heterocycles. The van der Waals surface area contributed by atoms with Gasteiger partial charge in [0.2, 0.25) is 0 Å². The molecular weight excluding hydrogens is 293 g/mol. The van der Waals surface area contributed by atoms with E-state index in [1.807, 2.05) is 6.92 Å². The Balaban J connectivity index is 2.35. The molecule has 2 atom stereocenters. The molecule has 1 fully saturated rings. The highest BCUT2D eigenvalue weighted by molar-refractivity contribution is 7.91. The van der Waals surface area contributed by atoms with Gasteiger partial charge in [0.25, 0.3) is 0 Å². The minimum atomic E-state index is -3.03. The van der Waals surface area contributed by atoms with E-state index < -0.39 is 9.84 Å². The number of rotatable bonds is 1. The molecule has 0 aromatic heterocycles. The zero-order valence-corrected chi connectivity index (χ0v) is 12.3. The summed E-state index contributed by atoms with van der Waals surface area (Å²) in [5, 5.41) is 4.36. The third-order valence-electron chi connectivity index (χ3n) is 3.11. The Labute approximate surface area is 117 Å². The van der Waals surface area contributed by atoms with Crippen LogP contribution in [0.4, 0.5) is 0 Å². The first kappa shape index (κ1) is 14.1. The van der Waals surface area contributed by atoms with Crippen molar-refractivity contribution in [3.63, 3.8) is 0 Å². The van der Waals surface area contributed by atoms with Crippen LogP contribution in [-0.2, 0) is 9.84 Å². The first-order chi connectivity index (χ1) is 8.37. The molecule has 0 spiro atoms. The summed E-state index contributed by atoms with van der Waals surface area (Å²) in [7, 11) is -3.03. The molecule has 1 aliphatic rings. The van der Waals surface area contributed by atoms with Crippen molar-refractivity contribution in [3.05, 3.63) is 33.8 Å². The minimum absolute atomic E-state index is 0.0820. The average molecular weight is 308 g/mol. The largest absolute Gasteiger partial charge is 0.306 e. The molecule has 1 heterocycles. The first-order valence-corrected chi connectivity index (χ1v) is 8.36. The maximum Gasteiger partial charge on any atom is 0.152 e. The van der Waals surface area contributed by atoms with Gasteiger partial charge in [-0.25, -0.2) is 8.42 Å². The van der Waals surface area contributed by atoms with Crippen molar-refractivity contribution in [3.8, 4) is 0 Å². The molecule has 2 unspecified atom stereocenters. The zero-order valence-electron chi connectivity index (χ0n) is 9.99. The Morgan fingerprint density at radius 2 is 2.06 bits per heavy atom. The van der Waals surface area contributed by atoms with E-state index in [1.54, 1.807) is 18.2 Å². The summed E-state index contributed by atoms with van der Waals surface area (Å²) >= 11 is 12.0. The number of hydrogen-bond acceptors (Lipinski definition) is 3. The third kappa shape index (κ3) is 3.38. The van der Waals surface area contributed by atoms with Crippen LogP contribution in [-0.4, -0.2) is 26.0 Å². The topological polar surface area (TPSA) is 46.2 Å². The van der Waals surface area contributed by atoms with E-state index >= 15 is 0 Å². The van der Waals surface area contributed by atoms with Gasteiger partial charge in [0.1, 0.15) is 0 Å². The summed E-state index contributed by atoms with van der Waals surface area (Å²) in [4.78, 5) is 0. The van der Waals surface area contributed by atoms with Crippen LogP contribution in [0.2, 0.25) is 10.0 Å². The summed E-state index contributed by atoms with van der Waals surface area (Å²) in [6.07, 6.45) is 0.629. The van der Waals surface area contributed by atoms with Gasteiger partial charge < -0.3 is 5.32 Å². The van der Waals surface area contributed by atoms with Crippen LogP contribution in [0.5, 0.6) is 0 Å². The molecule has 3 nitrogen and oxygen atoms in total. The lowest BCUT2D eigenvalue weighted by molar-refractivity contribution is 0.484. The van der Waals surface area contributed by atoms with E-state index in [0.717, 1.165) is 5.56 Å². The normalized spacial score (nSPS) is 27.7. The van der Waals surface area contributed by atoms with Crippen molar-refractivity contribution in [2.45, 2.75) is 25.4 Å². The summed E-state index contributed by atoms with van der Waals surface area (Å²) in [6.45, 7) is 1.98. The molecule has 1 aromatic rings. The molecule has 6 heteroatoms. The molecule has 0 amide bonds. The van der Waals surface area contributed by atoms with Gasteiger partial charge in [-0.15, -0.1) is 0 Å². The highest BCUT2D eigenvalue weighted by Gasteiger charge is 2.27. The standard InChI is InChI=1S/C12H15Cl2NO2S/c1-8-4-5-18(16,17)7-12(15-8)10-3-2-9(13)6-11(10)14/h2-3,6,8,12,15H,4-5,7H2,1H3. The van der Waals surface area contributed by atoms with Gasteiger partial charge in [0.05, 0.1) is 11.5 Å². The average Bonchev–Trinajstić information content (AvgIpc) is 2.37. The highest BCUT2D eigenvalue weighted by atomic mass is 35.5. The quantitative estimate of drug-likeness (QED) is 0.868. The summed E-state index contributed by atoms with van der Waals surface area (Å²) in [5.41, 5.74) is 0.790. The van der Waals surface area contributed by atoms with E-state index in [9.17, 15) is 8.42 Å².